The number of fused-ring (bicyclic) bond motifs is 3. The molecule has 0 bridgehead atoms. The van der Waals surface area contributed by atoms with E-state index in [0.29, 0.717) is 0 Å². The average Bonchev–Trinajstić information content (AvgIpc) is 3.40. The molecule has 3 aromatic heterocycles. The molecule has 0 aliphatic heterocycles. The minimum Gasteiger partial charge on any atom is -0.310 e. The van der Waals surface area contributed by atoms with Crippen LogP contribution in [0.25, 0.3) is 60.4 Å². The zero-order valence-corrected chi connectivity index (χ0v) is 27.7. The number of benzene rings is 5. The number of rotatable bonds is 3. The molecule has 0 amide bonds. The molecule has 0 saturated carbocycles. The van der Waals surface area contributed by atoms with Gasteiger partial charge in [-0.3, -0.25) is 0 Å². The summed E-state index contributed by atoms with van der Waals surface area (Å²) in [6.07, 6.45) is 4.73. The van der Waals surface area contributed by atoms with Crippen LogP contribution in [0.2, 0.25) is 0 Å². The zero-order valence-electron chi connectivity index (χ0n) is 25.4. The van der Waals surface area contributed by atoms with Gasteiger partial charge in [-0.05, 0) is 63.3 Å². The first-order chi connectivity index (χ1) is 20.9. The van der Waals surface area contributed by atoms with Gasteiger partial charge >= 0.3 is 0 Å². The third kappa shape index (κ3) is 5.19. The Labute approximate surface area is 272 Å². The number of nitrogens with zero attached hydrogens (tertiary/aromatic N) is 3. The smallest absolute Gasteiger partial charge is 0.0531 e. The summed E-state index contributed by atoms with van der Waals surface area (Å²) >= 11 is 0. The molecule has 219 valence electrons. The maximum absolute atomic E-state index is 4.83. The summed E-state index contributed by atoms with van der Waals surface area (Å²) in [5.41, 5.74) is 9.47. The molecule has 44 heavy (non-hydrogen) atoms. The van der Waals surface area contributed by atoms with Crippen LogP contribution >= 0.6 is 0 Å². The second kappa shape index (κ2) is 12.0. The van der Waals surface area contributed by atoms with E-state index in [1.54, 1.807) is 6.20 Å². The minimum absolute atomic E-state index is 0. The van der Waals surface area contributed by atoms with Gasteiger partial charge in [0.05, 0.1) is 5.52 Å². The van der Waals surface area contributed by atoms with Gasteiger partial charge in [0, 0.05) is 43.7 Å². The van der Waals surface area contributed by atoms with Gasteiger partial charge in [-0.25, -0.2) is 0 Å². The predicted octanol–water partition coefficient (Wildman–Crippen LogP) is 10.1. The Kier molecular flexibility index (Phi) is 8.07. The van der Waals surface area contributed by atoms with Gasteiger partial charge in [-0.2, -0.15) is 0 Å². The van der Waals surface area contributed by atoms with E-state index in [9.17, 15) is 0 Å². The summed E-state index contributed by atoms with van der Waals surface area (Å²) in [7, 11) is 0. The van der Waals surface area contributed by atoms with Crippen LogP contribution < -0.4 is 0 Å². The van der Waals surface area contributed by atoms with Crippen molar-refractivity contribution in [3.8, 4) is 16.9 Å². The number of aromatic nitrogens is 3. The van der Waals surface area contributed by atoms with Gasteiger partial charge in [0.15, 0.2) is 0 Å². The van der Waals surface area contributed by atoms with Crippen molar-refractivity contribution in [3.63, 3.8) is 0 Å². The topological polar surface area (TPSA) is 30.7 Å². The second-order valence-electron chi connectivity index (χ2n) is 12.0. The molecular weight excluding hydrogens is 715 g/mol. The van der Waals surface area contributed by atoms with Crippen molar-refractivity contribution < 1.29 is 20.1 Å². The molecule has 4 heteroatoms. The second-order valence-corrected chi connectivity index (χ2v) is 12.0. The van der Waals surface area contributed by atoms with Gasteiger partial charge in [0.25, 0.3) is 0 Å². The third-order valence-corrected chi connectivity index (χ3v) is 8.28. The van der Waals surface area contributed by atoms with Crippen LogP contribution in [-0.2, 0) is 31.9 Å². The summed E-state index contributed by atoms with van der Waals surface area (Å²) in [6.45, 7) is 8.97. The molecule has 0 N–H and O–H groups in total. The molecule has 0 atom stereocenters. The Hall–Kier alpha value is -4.37. The van der Waals surface area contributed by atoms with Gasteiger partial charge in [0.1, 0.15) is 0 Å². The van der Waals surface area contributed by atoms with Crippen molar-refractivity contribution in [2.45, 2.75) is 39.5 Å². The van der Waals surface area contributed by atoms with Crippen LogP contribution in [0.4, 0.5) is 0 Å². The van der Waals surface area contributed by atoms with Crippen LogP contribution in [0.3, 0.4) is 0 Å². The van der Waals surface area contributed by atoms with Crippen LogP contribution in [-0.4, -0.2) is 14.5 Å². The molecule has 0 saturated heterocycles. The third-order valence-electron chi connectivity index (χ3n) is 8.28. The summed E-state index contributed by atoms with van der Waals surface area (Å²) in [5.74, 6) is 0. The van der Waals surface area contributed by atoms with Gasteiger partial charge in [-0.15, -0.1) is 65.0 Å². The molecule has 3 heterocycles. The molecule has 0 aliphatic rings. The van der Waals surface area contributed by atoms with Gasteiger partial charge < -0.3 is 14.5 Å². The van der Waals surface area contributed by atoms with E-state index in [0.717, 1.165) is 28.6 Å². The monoisotopic (exact) mass is 748 g/mol. The fourth-order valence-corrected chi connectivity index (χ4v) is 6.04. The Morgan fingerprint density at radius 1 is 0.727 bits per heavy atom. The number of pyridine rings is 2. The van der Waals surface area contributed by atoms with Crippen molar-refractivity contribution in [1.29, 1.82) is 0 Å². The Morgan fingerprint density at radius 3 is 2.23 bits per heavy atom. The van der Waals surface area contributed by atoms with Crippen molar-refractivity contribution in [2.75, 3.05) is 0 Å². The zero-order chi connectivity index (χ0) is 29.6. The van der Waals surface area contributed by atoms with Gasteiger partial charge in [-0.1, -0.05) is 81.3 Å². The quantitative estimate of drug-likeness (QED) is 0.133. The minimum atomic E-state index is 0. The van der Waals surface area contributed by atoms with Gasteiger partial charge in [0.2, 0.25) is 0 Å². The standard InChI is InChI=1S/C29H25N2.C11H8N.Ir/c1-5-18-9-14-22-23(17-18)21-7-6-8-24-26(21)27-25(15-16-30-28(22)27)31(24)20-12-10-19(11-13-20)29(2,3)4;1-2-6-10(7-3-1)11-8-4-5-9-12-11;/h6-13,15-17H,5H2,1-4H3;1-6,8-9H;/q2*-1;. The molecule has 1 radical (unpaired) electrons. The van der Waals surface area contributed by atoms with Crippen molar-refractivity contribution in [1.82, 2.24) is 14.5 Å². The van der Waals surface area contributed by atoms with E-state index in [2.05, 4.69) is 110 Å². The molecule has 8 aromatic rings. The summed E-state index contributed by atoms with van der Waals surface area (Å²) in [6, 6.07) is 42.6. The van der Waals surface area contributed by atoms with E-state index in [1.165, 1.54) is 49.4 Å². The predicted molar refractivity (Wildman–Crippen MR) is 180 cm³/mol. The van der Waals surface area contributed by atoms with E-state index in [1.807, 2.05) is 48.7 Å². The molecule has 3 nitrogen and oxygen atoms in total. The largest absolute Gasteiger partial charge is 0.310 e. The molecule has 0 aliphatic carbocycles. The fraction of sp³-hybridized carbons (Fsp3) is 0.150. The molecule has 0 unspecified atom stereocenters. The first-order valence-corrected chi connectivity index (χ1v) is 14.9. The van der Waals surface area contributed by atoms with Crippen LogP contribution in [0, 0.1) is 12.1 Å². The van der Waals surface area contributed by atoms with E-state index in [4.69, 9.17) is 4.98 Å². The van der Waals surface area contributed by atoms with Crippen LogP contribution in [0.1, 0.15) is 38.8 Å². The van der Waals surface area contributed by atoms with Crippen LogP contribution in [0.5, 0.6) is 0 Å². The number of hydrogen-bond acceptors (Lipinski definition) is 2. The number of hydrogen-bond donors (Lipinski definition) is 0. The van der Waals surface area contributed by atoms with E-state index in [-0.39, 0.29) is 25.5 Å². The summed E-state index contributed by atoms with van der Waals surface area (Å²) in [4.78, 5) is 9.04. The SMILES string of the molecule is CCc1c[c-]c2c(c1)c1cccc3c1c1c2nccc1n3-c1ccc(C(C)(C)C)cc1.[Ir].[c-]1ccccc1-c1ccccn1. The Morgan fingerprint density at radius 2 is 1.52 bits per heavy atom. The molecule has 5 aromatic carbocycles. The van der Waals surface area contributed by atoms with E-state index < -0.39 is 0 Å². The summed E-state index contributed by atoms with van der Waals surface area (Å²) < 4.78 is 2.39. The van der Waals surface area contributed by atoms with Crippen molar-refractivity contribution in [2.24, 2.45) is 0 Å². The van der Waals surface area contributed by atoms with Crippen LogP contribution in [0.15, 0.2) is 116 Å². The van der Waals surface area contributed by atoms with E-state index >= 15 is 0 Å². The molecule has 0 spiro atoms. The molecular formula is C40H33IrN3-2. The normalized spacial score (nSPS) is 11.5. The van der Waals surface area contributed by atoms with Crippen molar-refractivity contribution in [3.05, 3.63) is 139 Å². The Bertz CT molecular complexity index is 2140. The Balaban J connectivity index is 0.000000222. The first-order valence-electron chi connectivity index (χ1n) is 14.9. The fourth-order valence-electron chi connectivity index (χ4n) is 6.04. The maximum atomic E-state index is 4.83. The van der Waals surface area contributed by atoms with Crippen molar-refractivity contribution >= 4 is 43.5 Å². The molecule has 0 fully saturated rings. The first kappa shape index (κ1) is 29.7. The molecule has 8 rings (SSSR count). The number of aryl methyl sites for hydroxylation is 1. The maximum Gasteiger partial charge on any atom is 0.0531 e. The average molecular weight is 748 g/mol. The summed E-state index contributed by atoms with van der Waals surface area (Å²) in [5, 5.41) is 6.19.